The topological polar surface area (TPSA) is 254 Å². The predicted molar refractivity (Wildman–Crippen MR) is 265 cm³/mol. The molecule has 0 aliphatic rings. The molecule has 0 unspecified atom stereocenters. The number of Topliss-reactive ketones (excluding diaryl/α,β-unsaturated/α-hetero) is 2. The molecular formula is C42H41Cl3F3I2N9O7Y2-4. The normalized spacial score (nSPS) is 9.32. The van der Waals surface area contributed by atoms with Crippen molar-refractivity contribution in [2.75, 3.05) is 31.0 Å². The number of halogens is 8. The third-order valence-corrected chi connectivity index (χ3v) is 8.10. The Morgan fingerprint density at radius 1 is 0.794 bits per heavy atom. The first-order valence-corrected chi connectivity index (χ1v) is 25.6. The SMILES string of the molecule is COc1cc(N)cc(O)c1OC.C[C-](C)C(=O)Cc1[c-]ccc(N)c1.C[C-](C)C(=O)Cc1[c-]ccc(Nc2nc(Cl)ncc2F)c1.Fc1cnc(Cl)nc1Cl.II.O=c1[nH]cc(F)c(=O)[nH]1.[Y].[Y]. The van der Waals surface area contributed by atoms with Crippen LogP contribution in [0.4, 0.5) is 36.1 Å². The number of ether oxygens (including phenoxy) is 2. The van der Waals surface area contributed by atoms with E-state index in [1.165, 1.54) is 20.3 Å². The number of phenols is 1. The number of nitrogen functional groups attached to an aromatic ring is 2. The number of H-pyrrole nitrogens is 2. The van der Waals surface area contributed by atoms with Crippen molar-refractivity contribution in [3.05, 3.63) is 156 Å². The first kappa shape index (κ1) is 66.8. The molecule has 0 aliphatic heterocycles. The number of hydrogen-bond acceptors (Lipinski definition) is 14. The van der Waals surface area contributed by atoms with Crippen LogP contribution in [0.2, 0.25) is 15.7 Å². The van der Waals surface area contributed by atoms with Crippen molar-refractivity contribution in [3.63, 3.8) is 0 Å². The number of methoxy groups -OCH3 is 2. The van der Waals surface area contributed by atoms with Crippen molar-refractivity contribution in [3.8, 4) is 17.2 Å². The summed E-state index contributed by atoms with van der Waals surface area (Å²) in [5, 5.41) is 11.8. The van der Waals surface area contributed by atoms with E-state index >= 15 is 0 Å². The molecule has 0 saturated carbocycles. The van der Waals surface area contributed by atoms with E-state index < -0.39 is 28.7 Å². The molecule has 16 nitrogen and oxygen atoms in total. The molecule has 3 aromatic heterocycles. The number of aromatic hydroxyl groups is 1. The van der Waals surface area contributed by atoms with Gasteiger partial charge < -0.3 is 57.8 Å². The van der Waals surface area contributed by atoms with E-state index in [1.807, 2.05) is 18.8 Å². The van der Waals surface area contributed by atoms with E-state index in [-0.39, 0.29) is 111 Å². The largest absolute Gasteiger partial charge is 0.504 e. The van der Waals surface area contributed by atoms with Crippen LogP contribution in [0.1, 0.15) is 38.8 Å². The number of carbonyl (C=O) groups excluding carboxylic acids is 2. The fraction of sp³-hybridized carbons (Fsp3) is 0.190. The number of aromatic amines is 2. The van der Waals surface area contributed by atoms with E-state index in [4.69, 9.17) is 55.7 Å². The molecule has 0 fully saturated rings. The molecule has 0 spiro atoms. The Bertz CT molecular complexity index is 2630. The number of aromatic nitrogens is 6. The predicted octanol–water partition coefficient (Wildman–Crippen LogP) is 9.22. The van der Waals surface area contributed by atoms with E-state index in [1.54, 1.807) is 61.3 Å². The number of hydrogen-bond donors (Lipinski definition) is 6. The van der Waals surface area contributed by atoms with Crippen molar-refractivity contribution in [2.24, 2.45) is 0 Å². The molecule has 0 amide bonds. The zero-order valence-electron chi connectivity index (χ0n) is 36.8. The van der Waals surface area contributed by atoms with Gasteiger partial charge in [0.05, 0.1) is 26.6 Å². The average Bonchev–Trinajstić information content (AvgIpc) is 3.26. The van der Waals surface area contributed by atoms with Gasteiger partial charge in [-0.15, -0.1) is 24.3 Å². The van der Waals surface area contributed by atoms with Crippen molar-refractivity contribution in [1.82, 2.24) is 29.9 Å². The van der Waals surface area contributed by atoms with Gasteiger partial charge in [0.2, 0.25) is 22.1 Å². The standard InChI is InChI=1S/C15H13ClFN3O.C11H13NO.C8H11NO3.C4HCl2FN2.C4H3FN2O2.I2.2Y/c1-9(2)13(21)7-10-4-3-5-11(6-10)19-14-12(17)8-18-15(16)20-14;1-8(2)11(13)7-9-4-3-5-10(12)6-9;1-11-7-4-5(9)3-6(10)8(7)12-2;5-3-2(7)1-8-4(6)9-3;5-2-1-6-4(9)7-3(2)8;1-2;;/h3,5-6,8H,7H2,1-2H3,(H,18,19,20);3,5-6H,7,12H2,1-2H3;3-4,10H,9H2,1-2H3;1H;1H,(H2,6,7,8,9);;;/q2*-2;;;;;;. The van der Waals surface area contributed by atoms with E-state index in [9.17, 15) is 37.5 Å². The van der Waals surface area contributed by atoms with E-state index in [0.717, 1.165) is 29.8 Å². The van der Waals surface area contributed by atoms with Gasteiger partial charge in [0.15, 0.2) is 34.1 Å². The fourth-order valence-corrected chi connectivity index (χ4v) is 4.73. The Labute approximate surface area is 478 Å². The molecule has 0 saturated heterocycles. The zero-order chi connectivity index (χ0) is 50.1. The fourth-order valence-electron chi connectivity index (χ4n) is 4.29. The second kappa shape index (κ2) is 35.8. The average molecular weight is 1380 g/mol. The van der Waals surface area contributed by atoms with Gasteiger partial charge >= 0.3 is 5.69 Å². The van der Waals surface area contributed by atoms with Crippen molar-refractivity contribution in [2.45, 2.75) is 40.5 Å². The van der Waals surface area contributed by atoms with Crippen LogP contribution in [0.5, 0.6) is 17.2 Å². The number of nitrogens with two attached hydrogens (primary N) is 2. The maximum Gasteiger partial charge on any atom is 0.325 e. The van der Waals surface area contributed by atoms with Crippen LogP contribution in [0.25, 0.3) is 0 Å². The second-order valence-corrected chi connectivity index (χ2v) is 13.9. The number of carbonyl (C=O) groups is 2. The number of ketones is 2. The summed E-state index contributed by atoms with van der Waals surface area (Å²) < 4.78 is 47.6. The number of phenolic OH excluding ortho intramolecular Hbond substituents is 1. The Kier molecular flexibility index (Phi) is 35.1. The quantitative estimate of drug-likeness (QED) is 0.0246. The summed E-state index contributed by atoms with van der Waals surface area (Å²) in [6.07, 6.45) is 3.27. The van der Waals surface area contributed by atoms with Crippen LogP contribution in [0.15, 0.2) is 76.7 Å². The summed E-state index contributed by atoms with van der Waals surface area (Å²) >= 11 is 20.3. The first-order chi connectivity index (χ1) is 31.1. The van der Waals surface area contributed by atoms with Gasteiger partial charge in [-0.2, -0.15) is 72.5 Å². The van der Waals surface area contributed by atoms with Gasteiger partial charge in [0.1, 0.15) is 0 Å². The number of rotatable bonds is 10. The van der Waals surface area contributed by atoms with Gasteiger partial charge in [-0.25, -0.2) is 28.5 Å². The third kappa shape index (κ3) is 26.1. The maximum absolute atomic E-state index is 13.6. The van der Waals surface area contributed by atoms with Gasteiger partial charge in [0, 0.05) is 138 Å². The molecule has 3 aromatic carbocycles. The molecule has 2 radical (unpaired) electrons. The monoisotopic (exact) mass is 1380 g/mol. The molecule has 8 N–H and O–H groups in total. The Morgan fingerprint density at radius 3 is 1.79 bits per heavy atom. The summed E-state index contributed by atoms with van der Waals surface area (Å²) in [6.45, 7) is 7.16. The van der Waals surface area contributed by atoms with Crippen LogP contribution in [-0.4, -0.2) is 60.8 Å². The molecule has 0 bridgehead atoms. The van der Waals surface area contributed by atoms with Gasteiger partial charge in [-0.05, 0) is 36.0 Å². The summed E-state index contributed by atoms with van der Waals surface area (Å²) in [7, 11) is 2.94. The summed E-state index contributed by atoms with van der Waals surface area (Å²) in [4.78, 5) is 61.0. The van der Waals surface area contributed by atoms with Crippen LogP contribution in [0, 0.1) is 41.4 Å². The van der Waals surface area contributed by atoms with Gasteiger partial charge in [-0.3, -0.25) is 9.78 Å². The summed E-state index contributed by atoms with van der Waals surface area (Å²) in [5.41, 5.74) is 12.6. The Hall–Kier alpha value is -3.29. The van der Waals surface area contributed by atoms with Crippen molar-refractivity contribution >= 4 is 106 Å². The number of nitrogens with zero attached hydrogens (tertiary/aromatic N) is 4. The first-order valence-electron chi connectivity index (χ1n) is 18.2. The zero-order valence-corrected chi connectivity index (χ0v) is 49.0. The minimum atomic E-state index is -1.00. The second-order valence-electron chi connectivity index (χ2n) is 12.9. The molecule has 362 valence electrons. The minimum absolute atomic E-state index is 0. The molecule has 26 heteroatoms. The molecule has 0 aliphatic carbocycles. The summed E-state index contributed by atoms with van der Waals surface area (Å²) in [6, 6.07) is 19.3. The van der Waals surface area contributed by atoms with Gasteiger partial charge in [-0.1, -0.05) is 23.0 Å². The van der Waals surface area contributed by atoms with E-state index in [2.05, 4.69) is 74.6 Å². The molecule has 0 atom stereocenters. The molecule has 68 heavy (non-hydrogen) atoms. The summed E-state index contributed by atoms with van der Waals surface area (Å²) in [5.74, 6) is 0.152. The van der Waals surface area contributed by atoms with Crippen LogP contribution >= 0.6 is 72.0 Å². The van der Waals surface area contributed by atoms with Crippen LogP contribution < -0.4 is 37.5 Å². The molecule has 3 heterocycles. The molecular weight excluding hydrogens is 1340 g/mol. The number of nitrogens with one attached hydrogen (secondary N) is 3. The van der Waals surface area contributed by atoms with Gasteiger partial charge in [0.25, 0.3) is 5.56 Å². The minimum Gasteiger partial charge on any atom is -0.504 e. The molecule has 6 rings (SSSR count). The van der Waals surface area contributed by atoms with E-state index in [0.29, 0.717) is 46.7 Å². The number of anilines is 4. The van der Waals surface area contributed by atoms with Crippen LogP contribution in [-0.2, 0) is 87.8 Å². The Balaban J connectivity index is 0. The van der Waals surface area contributed by atoms with Crippen molar-refractivity contribution < 1.29 is 103 Å². The van der Waals surface area contributed by atoms with Crippen molar-refractivity contribution in [1.29, 1.82) is 0 Å². The van der Waals surface area contributed by atoms with Crippen LogP contribution in [0.3, 0.4) is 0 Å². The smallest absolute Gasteiger partial charge is 0.325 e. The maximum atomic E-state index is 13.6. The Morgan fingerprint density at radius 2 is 1.32 bits per heavy atom. The third-order valence-electron chi connectivity index (χ3n) is 7.47. The molecule has 6 aromatic rings. The number of benzene rings is 3.